The fourth-order valence-electron chi connectivity index (χ4n) is 3.59. The molecule has 0 spiro atoms. The summed E-state index contributed by atoms with van der Waals surface area (Å²) in [5.74, 6) is -2.68. The van der Waals surface area contributed by atoms with Crippen molar-refractivity contribution in [2.75, 3.05) is 19.6 Å². The minimum absolute atomic E-state index is 0.0987. The maximum Gasteiger partial charge on any atom is 0.451 e. The topological polar surface area (TPSA) is 92.4 Å². The summed E-state index contributed by atoms with van der Waals surface area (Å²) in [5, 5.41) is 0. The molecule has 2 amide bonds. The van der Waals surface area contributed by atoms with Gasteiger partial charge in [-0.05, 0) is 18.9 Å². The first-order valence-electron chi connectivity index (χ1n) is 9.29. The van der Waals surface area contributed by atoms with Crippen LogP contribution in [0.5, 0.6) is 0 Å². The van der Waals surface area contributed by atoms with Crippen LogP contribution in [-0.4, -0.2) is 57.3 Å². The molecule has 0 radical (unpaired) electrons. The Balaban J connectivity index is 1.73. The monoisotopic (exact) mass is 451 g/mol. The van der Waals surface area contributed by atoms with E-state index < -0.39 is 53.6 Å². The lowest BCUT2D eigenvalue weighted by Crippen LogP contribution is -2.44. The van der Waals surface area contributed by atoms with Gasteiger partial charge in [0.1, 0.15) is 0 Å². The number of carbonyl (C=O) groups excluding carboxylic acids is 2. The van der Waals surface area contributed by atoms with Gasteiger partial charge in [0.25, 0.3) is 0 Å². The third-order valence-corrected chi connectivity index (χ3v) is 4.95. The van der Waals surface area contributed by atoms with Gasteiger partial charge < -0.3 is 15.5 Å². The lowest BCUT2D eigenvalue weighted by molar-refractivity contribution is -0.153. The molecule has 1 aromatic heterocycles. The summed E-state index contributed by atoms with van der Waals surface area (Å²) in [4.78, 5) is 32.8. The molecule has 0 bridgehead atoms. The first-order chi connectivity index (χ1) is 14.3. The Morgan fingerprint density at radius 2 is 1.84 bits per heavy atom. The third kappa shape index (κ3) is 5.14. The number of hydrogen-bond donors (Lipinski definition) is 1. The number of fused-ring (bicyclic) bond motifs is 1. The van der Waals surface area contributed by atoms with Crippen molar-refractivity contribution in [1.82, 2.24) is 19.8 Å². The molecule has 31 heavy (non-hydrogen) atoms. The summed E-state index contributed by atoms with van der Waals surface area (Å²) >= 11 is 0. The summed E-state index contributed by atoms with van der Waals surface area (Å²) < 4.78 is 78.6. The van der Waals surface area contributed by atoms with E-state index in [0.717, 1.165) is 10.5 Å². The van der Waals surface area contributed by atoms with Gasteiger partial charge in [-0.3, -0.25) is 9.59 Å². The van der Waals surface area contributed by atoms with Crippen molar-refractivity contribution >= 4 is 11.8 Å². The predicted octanol–water partition coefficient (Wildman–Crippen LogP) is 1.90. The lowest BCUT2D eigenvalue weighted by Gasteiger charge is -2.31. The van der Waals surface area contributed by atoms with Crippen LogP contribution in [0.2, 0.25) is 0 Å². The largest absolute Gasteiger partial charge is 0.451 e. The standard InChI is InChI=1S/C18H19F6N5O2/c1-9-4-13(30)29(6-9)7-10(25)5-14(31)28-3-2-11-12(8-28)26-16(18(22,23)24)27-15(11)17(19,20)21/h4,10H,2-3,5-8,25H2,1H3/t10-/m1/s1. The molecule has 7 nitrogen and oxygen atoms in total. The second kappa shape index (κ2) is 8.09. The van der Waals surface area contributed by atoms with Crippen LogP contribution in [0.3, 0.4) is 0 Å². The van der Waals surface area contributed by atoms with Crippen molar-refractivity contribution in [3.63, 3.8) is 0 Å². The highest BCUT2D eigenvalue weighted by Gasteiger charge is 2.43. The molecule has 170 valence electrons. The Bertz CT molecular complexity index is 927. The fourth-order valence-corrected chi connectivity index (χ4v) is 3.59. The molecule has 2 aliphatic heterocycles. The zero-order valence-corrected chi connectivity index (χ0v) is 16.3. The van der Waals surface area contributed by atoms with E-state index in [9.17, 15) is 35.9 Å². The Hall–Kier alpha value is -2.70. The highest BCUT2D eigenvalue weighted by Crippen LogP contribution is 2.36. The third-order valence-electron chi connectivity index (χ3n) is 4.95. The van der Waals surface area contributed by atoms with E-state index in [0.29, 0.717) is 6.54 Å². The van der Waals surface area contributed by atoms with Gasteiger partial charge in [-0.15, -0.1) is 0 Å². The fraction of sp³-hybridized carbons (Fsp3) is 0.556. The molecule has 1 atom stereocenters. The highest BCUT2D eigenvalue weighted by atomic mass is 19.4. The molecule has 0 aliphatic carbocycles. The summed E-state index contributed by atoms with van der Waals surface area (Å²) in [6.07, 6.45) is -9.36. The highest BCUT2D eigenvalue weighted by molar-refractivity contribution is 5.91. The van der Waals surface area contributed by atoms with Crippen molar-refractivity contribution in [3.05, 3.63) is 34.4 Å². The number of halogens is 6. The van der Waals surface area contributed by atoms with Crippen LogP contribution in [0.1, 0.15) is 36.1 Å². The first-order valence-corrected chi connectivity index (χ1v) is 9.29. The summed E-state index contributed by atoms with van der Waals surface area (Å²) in [6.45, 7) is 1.60. The predicted molar refractivity (Wildman–Crippen MR) is 94.1 cm³/mol. The minimum Gasteiger partial charge on any atom is -0.336 e. The molecule has 13 heteroatoms. The van der Waals surface area contributed by atoms with Gasteiger partial charge in [-0.2, -0.15) is 26.3 Å². The van der Waals surface area contributed by atoms with Gasteiger partial charge in [-0.25, -0.2) is 9.97 Å². The molecule has 3 rings (SSSR count). The van der Waals surface area contributed by atoms with Crippen LogP contribution in [0.15, 0.2) is 11.6 Å². The van der Waals surface area contributed by atoms with Crippen molar-refractivity contribution in [1.29, 1.82) is 0 Å². The number of carbonyl (C=O) groups is 2. The van der Waals surface area contributed by atoms with E-state index in [1.165, 1.54) is 11.0 Å². The number of aromatic nitrogens is 2. The number of rotatable bonds is 4. The first kappa shape index (κ1) is 23.0. The van der Waals surface area contributed by atoms with Crippen molar-refractivity contribution in [3.8, 4) is 0 Å². The Morgan fingerprint density at radius 3 is 2.39 bits per heavy atom. The Labute approximate surface area is 172 Å². The zero-order valence-electron chi connectivity index (χ0n) is 16.3. The lowest BCUT2D eigenvalue weighted by atomic mass is 10.0. The van der Waals surface area contributed by atoms with E-state index in [-0.39, 0.29) is 31.8 Å². The van der Waals surface area contributed by atoms with Crippen LogP contribution in [-0.2, 0) is 34.9 Å². The van der Waals surface area contributed by atoms with E-state index in [1.54, 1.807) is 6.92 Å². The van der Waals surface area contributed by atoms with E-state index >= 15 is 0 Å². The molecule has 0 aromatic carbocycles. The molecule has 0 fully saturated rings. The van der Waals surface area contributed by atoms with E-state index in [1.807, 2.05) is 0 Å². The summed E-state index contributed by atoms with van der Waals surface area (Å²) in [5.41, 5.74) is 4.21. The smallest absolute Gasteiger partial charge is 0.336 e. The molecule has 0 unspecified atom stereocenters. The molecule has 2 aliphatic rings. The maximum absolute atomic E-state index is 13.2. The second-order valence-electron chi connectivity index (χ2n) is 7.56. The molecule has 0 saturated heterocycles. The van der Waals surface area contributed by atoms with Gasteiger partial charge >= 0.3 is 12.4 Å². The van der Waals surface area contributed by atoms with Gasteiger partial charge in [0.2, 0.25) is 17.6 Å². The average molecular weight is 451 g/mol. The SMILES string of the molecule is CC1=CC(=O)N(C[C@H](N)CC(=O)N2CCc3c(nc(C(F)(F)F)nc3C(F)(F)F)C2)C1. The average Bonchev–Trinajstić information content (AvgIpc) is 2.95. The van der Waals surface area contributed by atoms with Crippen LogP contribution in [0.25, 0.3) is 0 Å². The van der Waals surface area contributed by atoms with Crippen LogP contribution in [0.4, 0.5) is 26.3 Å². The number of nitrogens with two attached hydrogens (primary N) is 1. The van der Waals surface area contributed by atoms with Crippen molar-refractivity contribution in [2.45, 2.75) is 44.7 Å². The van der Waals surface area contributed by atoms with Crippen LogP contribution >= 0.6 is 0 Å². The maximum atomic E-state index is 13.2. The van der Waals surface area contributed by atoms with Crippen LogP contribution in [0, 0.1) is 0 Å². The molecule has 2 N–H and O–H groups in total. The molecular weight excluding hydrogens is 432 g/mol. The summed E-state index contributed by atoms with van der Waals surface area (Å²) in [7, 11) is 0. The van der Waals surface area contributed by atoms with Gasteiger partial charge in [-0.1, -0.05) is 0 Å². The van der Waals surface area contributed by atoms with Gasteiger partial charge in [0, 0.05) is 43.7 Å². The summed E-state index contributed by atoms with van der Waals surface area (Å²) in [6, 6.07) is -0.737. The van der Waals surface area contributed by atoms with Crippen molar-refractivity contribution < 1.29 is 35.9 Å². The quantitative estimate of drug-likeness (QED) is 0.707. The molecular formula is C18H19F6N5O2. The molecule has 0 saturated carbocycles. The van der Waals surface area contributed by atoms with Gasteiger partial charge in [0.05, 0.1) is 12.2 Å². The Morgan fingerprint density at radius 1 is 1.16 bits per heavy atom. The number of amides is 2. The Kier molecular flexibility index (Phi) is 6.00. The second-order valence-corrected chi connectivity index (χ2v) is 7.56. The number of alkyl halides is 6. The zero-order chi connectivity index (χ0) is 23.1. The van der Waals surface area contributed by atoms with Gasteiger partial charge in [0.15, 0.2) is 5.69 Å². The minimum atomic E-state index is -5.17. The number of hydrogen-bond acceptors (Lipinski definition) is 5. The molecule has 1 aromatic rings. The van der Waals surface area contributed by atoms with Crippen LogP contribution < -0.4 is 5.73 Å². The number of nitrogens with zero attached hydrogens (tertiary/aromatic N) is 4. The van der Waals surface area contributed by atoms with E-state index in [2.05, 4.69) is 9.97 Å². The normalized spacial score (nSPS) is 18.2. The van der Waals surface area contributed by atoms with E-state index in [4.69, 9.17) is 5.73 Å². The molecule has 3 heterocycles. The van der Waals surface area contributed by atoms with Crippen molar-refractivity contribution in [2.24, 2.45) is 5.73 Å².